The zero-order valence-corrected chi connectivity index (χ0v) is 19.0. The molecule has 0 radical (unpaired) electrons. The number of nitrogens with zero attached hydrogens (tertiary/aromatic N) is 2. The van der Waals surface area contributed by atoms with Crippen LogP contribution in [0.5, 0.6) is 11.5 Å². The highest BCUT2D eigenvalue weighted by Crippen LogP contribution is 2.37. The quantitative estimate of drug-likeness (QED) is 0.251. The number of amides is 1. The summed E-state index contributed by atoms with van der Waals surface area (Å²) < 4.78 is 24.8. The fraction of sp³-hybridized carbons (Fsp3) is 0.130. The van der Waals surface area contributed by atoms with Crippen LogP contribution in [0.25, 0.3) is 0 Å². The summed E-state index contributed by atoms with van der Waals surface area (Å²) in [5, 5.41) is 14.7. The number of rotatable bonds is 9. The Morgan fingerprint density at radius 3 is 2.45 bits per heavy atom. The van der Waals surface area contributed by atoms with Crippen molar-refractivity contribution in [2.45, 2.75) is 13.0 Å². The topological polar surface area (TPSA) is 103 Å². The summed E-state index contributed by atoms with van der Waals surface area (Å²) in [4.78, 5) is 22.3. The Balaban J connectivity index is 1.62. The molecule has 0 aliphatic heterocycles. The lowest BCUT2D eigenvalue weighted by Gasteiger charge is -2.13. The zero-order chi connectivity index (χ0) is 23.8. The van der Waals surface area contributed by atoms with Crippen molar-refractivity contribution in [2.24, 2.45) is 5.10 Å². The van der Waals surface area contributed by atoms with Crippen molar-refractivity contribution in [3.63, 3.8) is 0 Å². The molecule has 3 rings (SSSR count). The Morgan fingerprint density at radius 1 is 1.15 bits per heavy atom. The van der Waals surface area contributed by atoms with E-state index in [1.807, 2.05) is 0 Å². The molecule has 0 atom stereocenters. The van der Waals surface area contributed by atoms with Gasteiger partial charge in [0.1, 0.15) is 12.4 Å². The van der Waals surface area contributed by atoms with Gasteiger partial charge in [-0.1, -0.05) is 12.1 Å². The van der Waals surface area contributed by atoms with Crippen molar-refractivity contribution in [1.29, 1.82) is 0 Å². The highest BCUT2D eigenvalue weighted by molar-refractivity contribution is 9.10. The van der Waals surface area contributed by atoms with Crippen LogP contribution in [0.3, 0.4) is 0 Å². The second kappa shape index (κ2) is 11.2. The summed E-state index contributed by atoms with van der Waals surface area (Å²) in [5.74, 6) is 0.183. The number of methoxy groups -OCH3 is 1. The Bertz CT molecular complexity index is 1170. The maximum absolute atomic E-state index is 12.9. The van der Waals surface area contributed by atoms with Crippen LogP contribution in [0.1, 0.15) is 16.7 Å². The van der Waals surface area contributed by atoms with Crippen molar-refractivity contribution in [2.75, 3.05) is 7.11 Å². The van der Waals surface area contributed by atoms with Gasteiger partial charge >= 0.3 is 0 Å². The van der Waals surface area contributed by atoms with Gasteiger partial charge in [-0.3, -0.25) is 14.9 Å². The molecule has 0 unspecified atom stereocenters. The van der Waals surface area contributed by atoms with Gasteiger partial charge in [0, 0.05) is 12.1 Å². The summed E-state index contributed by atoms with van der Waals surface area (Å²) in [5.41, 5.74) is 4.50. The number of hydrazone groups is 1. The molecule has 0 fully saturated rings. The lowest BCUT2D eigenvalue weighted by Crippen LogP contribution is -2.19. The average molecular weight is 516 g/mol. The van der Waals surface area contributed by atoms with E-state index in [0.29, 0.717) is 27.1 Å². The first-order chi connectivity index (χ1) is 15.9. The highest BCUT2D eigenvalue weighted by atomic mass is 79.9. The number of nitro benzene ring substituents is 1. The van der Waals surface area contributed by atoms with E-state index >= 15 is 0 Å². The van der Waals surface area contributed by atoms with Crippen LogP contribution >= 0.6 is 15.9 Å². The zero-order valence-electron chi connectivity index (χ0n) is 17.5. The molecule has 3 aromatic carbocycles. The molecule has 3 aromatic rings. The van der Waals surface area contributed by atoms with Gasteiger partial charge in [-0.05, 0) is 69.0 Å². The number of benzene rings is 3. The van der Waals surface area contributed by atoms with Gasteiger partial charge in [-0.25, -0.2) is 9.82 Å². The molecular weight excluding hydrogens is 497 g/mol. The molecule has 10 heteroatoms. The second-order valence-electron chi connectivity index (χ2n) is 6.84. The normalized spacial score (nSPS) is 10.8. The molecule has 0 bridgehead atoms. The van der Waals surface area contributed by atoms with Crippen molar-refractivity contribution < 1.29 is 23.6 Å². The van der Waals surface area contributed by atoms with E-state index in [4.69, 9.17) is 9.47 Å². The van der Waals surface area contributed by atoms with Gasteiger partial charge in [0.05, 0.1) is 29.1 Å². The fourth-order valence-corrected chi connectivity index (χ4v) is 3.40. The van der Waals surface area contributed by atoms with Gasteiger partial charge in [0.25, 0.3) is 5.69 Å². The summed E-state index contributed by atoms with van der Waals surface area (Å²) in [6, 6.07) is 15.1. The van der Waals surface area contributed by atoms with Crippen LogP contribution in [-0.4, -0.2) is 24.2 Å². The lowest BCUT2D eigenvalue weighted by atomic mass is 10.1. The Labute approximate surface area is 197 Å². The summed E-state index contributed by atoms with van der Waals surface area (Å²) in [6.07, 6.45) is 1.52. The molecule has 0 aliphatic rings. The SMILES string of the molecule is COc1cc(/C=N/NC(=O)Cc2ccc(F)cc2)cc(Br)c1OCc1ccc([N+](=O)[O-])cc1. The maximum Gasteiger partial charge on any atom is 0.269 e. The lowest BCUT2D eigenvalue weighted by molar-refractivity contribution is -0.384. The van der Waals surface area contributed by atoms with E-state index in [1.165, 1.54) is 49.7 Å². The monoisotopic (exact) mass is 515 g/mol. The van der Waals surface area contributed by atoms with E-state index in [9.17, 15) is 19.3 Å². The number of carbonyl (C=O) groups is 1. The first-order valence-electron chi connectivity index (χ1n) is 9.65. The van der Waals surface area contributed by atoms with Gasteiger partial charge < -0.3 is 9.47 Å². The number of non-ortho nitro benzene ring substituents is 1. The van der Waals surface area contributed by atoms with Crippen molar-refractivity contribution in [3.8, 4) is 11.5 Å². The minimum atomic E-state index is -0.463. The molecule has 0 aliphatic carbocycles. The standard InChI is InChI=1S/C23H19BrFN3O5/c1-32-21-11-17(13-26-27-22(29)12-15-2-6-18(25)7-3-15)10-20(24)23(21)33-14-16-4-8-19(9-5-16)28(30)31/h2-11,13H,12,14H2,1H3,(H,27,29)/b26-13+. The Hall–Kier alpha value is -3.79. The van der Waals surface area contributed by atoms with Gasteiger partial charge in [0.2, 0.25) is 5.91 Å². The molecular formula is C23H19BrFN3O5. The third kappa shape index (κ3) is 6.84. The summed E-state index contributed by atoms with van der Waals surface area (Å²) in [6.45, 7) is 0.180. The van der Waals surface area contributed by atoms with Crippen LogP contribution in [0, 0.1) is 15.9 Å². The van der Waals surface area contributed by atoms with Gasteiger partial charge in [-0.15, -0.1) is 0 Å². The number of nitro groups is 1. The first kappa shape index (κ1) is 23.9. The minimum Gasteiger partial charge on any atom is -0.493 e. The average Bonchev–Trinajstić information content (AvgIpc) is 2.80. The van der Waals surface area contributed by atoms with Crippen LogP contribution in [-0.2, 0) is 17.8 Å². The third-order valence-electron chi connectivity index (χ3n) is 4.46. The highest BCUT2D eigenvalue weighted by Gasteiger charge is 2.12. The summed E-state index contributed by atoms with van der Waals surface area (Å²) >= 11 is 3.44. The molecule has 33 heavy (non-hydrogen) atoms. The van der Waals surface area contributed by atoms with E-state index < -0.39 is 4.92 Å². The number of hydrogen-bond donors (Lipinski definition) is 1. The second-order valence-corrected chi connectivity index (χ2v) is 7.70. The first-order valence-corrected chi connectivity index (χ1v) is 10.4. The van der Waals surface area contributed by atoms with E-state index in [1.54, 1.807) is 24.3 Å². The molecule has 0 saturated carbocycles. The number of hydrogen-bond acceptors (Lipinski definition) is 6. The van der Waals surface area contributed by atoms with Crippen molar-refractivity contribution >= 4 is 33.7 Å². The Kier molecular flexibility index (Phi) is 8.09. The molecule has 170 valence electrons. The fourth-order valence-electron chi connectivity index (χ4n) is 2.83. The van der Waals surface area contributed by atoms with Gasteiger partial charge in [-0.2, -0.15) is 5.10 Å². The van der Waals surface area contributed by atoms with Crippen molar-refractivity contribution in [1.82, 2.24) is 5.43 Å². The Morgan fingerprint density at radius 2 is 1.82 bits per heavy atom. The third-order valence-corrected chi connectivity index (χ3v) is 5.05. The molecule has 0 saturated heterocycles. The molecule has 8 nitrogen and oxygen atoms in total. The number of halogens is 2. The maximum atomic E-state index is 12.9. The minimum absolute atomic E-state index is 0.00547. The molecule has 1 N–H and O–H groups in total. The van der Waals surface area contributed by atoms with Crippen LogP contribution in [0.2, 0.25) is 0 Å². The molecule has 0 aromatic heterocycles. The van der Waals surface area contributed by atoms with Crippen molar-refractivity contribution in [3.05, 3.63) is 97.8 Å². The van der Waals surface area contributed by atoms with E-state index in [-0.39, 0.29) is 30.4 Å². The van der Waals surface area contributed by atoms with E-state index in [2.05, 4.69) is 26.5 Å². The van der Waals surface area contributed by atoms with Gasteiger partial charge in [0.15, 0.2) is 11.5 Å². The van der Waals surface area contributed by atoms with Crippen LogP contribution in [0.4, 0.5) is 10.1 Å². The summed E-state index contributed by atoms with van der Waals surface area (Å²) in [7, 11) is 1.49. The number of nitrogens with one attached hydrogen (secondary N) is 1. The van der Waals surface area contributed by atoms with E-state index in [0.717, 1.165) is 5.56 Å². The molecule has 1 amide bonds. The number of carbonyl (C=O) groups excluding carboxylic acids is 1. The number of ether oxygens (including phenoxy) is 2. The molecule has 0 spiro atoms. The van der Waals surface area contributed by atoms with Crippen LogP contribution in [0.15, 0.2) is 70.2 Å². The molecule has 0 heterocycles. The van der Waals surface area contributed by atoms with Crippen LogP contribution < -0.4 is 14.9 Å². The smallest absolute Gasteiger partial charge is 0.269 e. The predicted octanol–water partition coefficient (Wildman–Crippen LogP) is 4.78. The largest absolute Gasteiger partial charge is 0.493 e. The predicted molar refractivity (Wildman–Crippen MR) is 124 cm³/mol.